The van der Waals surface area contributed by atoms with Crippen LogP contribution >= 0.6 is 0 Å². The average molecular weight is 146 g/mol. The zero-order chi connectivity index (χ0) is 7.07. The lowest BCUT2D eigenvalue weighted by molar-refractivity contribution is 0.589. The van der Waals surface area contributed by atoms with Crippen LogP contribution in [0.25, 0.3) is 0 Å². The molecule has 1 heterocycles. The standard InChI is InChI=1S/C4H6N2O2S/c1-3-4(2)6-9(7,8)5-3/h5-6H,1-2H2. The smallest absolute Gasteiger partial charge is 0.265 e. The highest BCUT2D eigenvalue weighted by Gasteiger charge is 2.20. The van der Waals surface area contributed by atoms with Crippen LogP contribution in [0.4, 0.5) is 0 Å². The Morgan fingerprint density at radius 3 is 1.56 bits per heavy atom. The highest BCUT2D eigenvalue weighted by Crippen LogP contribution is 2.06. The van der Waals surface area contributed by atoms with Crippen LogP contribution < -0.4 is 9.44 Å². The number of nitrogens with one attached hydrogen (secondary N) is 2. The Balaban J connectivity index is 3.03. The molecule has 0 aromatic carbocycles. The predicted octanol–water partition coefficient (Wildman–Crippen LogP) is -0.549. The van der Waals surface area contributed by atoms with Crippen molar-refractivity contribution in [1.82, 2.24) is 9.44 Å². The van der Waals surface area contributed by atoms with Crippen LogP contribution in [0.5, 0.6) is 0 Å². The Morgan fingerprint density at radius 1 is 1.11 bits per heavy atom. The summed E-state index contributed by atoms with van der Waals surface area (Å²) in [5.41, 5.74) is 0.602. The molecule has 1 aliphatic rings. The fraction of sp³-hybridized carbons (Fsp3) is 0. The van der Waals surface area contributed by atoms with Crippen LogP contribution in [0, 0.1) is 0 Å². The van der Waals surface area contributed by atoms with E-state index in [1.54, 1.807) is 0 Å². The zero-order valence-electron chi connectivity index (χ0n) is 4.64. The molecule has 1 fully saturated rings. The van der Waals surface area contributed by atoms with Gasteiger partial charge in [-0.05, 0) is 0 Å². The molecular formula is C4H6N2O2S. The van der Waals surface area contributed by atoms with Crippen molar-refractivity contribution in [3.05, 3.63) is 24.6 Å². The molecular weight excluding hydrogens is 140 g/mol. The highest BCUT2D eigenvalue weighted by atomic mass is 32.2. The topological polar surface area (TPSA) is 58.2 Å². The fourth-order valence-corrected chi connectivity index (χ4v) is 1.42. The van der Waals surface area contributed by atoms with Crippen molar-refractivity contribution < 1.29 is 8.42 Å². The quantitative estimate of drug-likeness (QED) is 0.482. The Kier molecular flexibility index (Phi) is 1.03. The summed E-state index contributed by atoms with van der Waals surface area (Å²) in [5, 5.41) is 0. The lowest BCUT2D eigenvalue weighted by Crippen LogP contribution is -2.21. The van der Waals surface area contributed by atoms with E-state index in [0.717, 1.165) is 0 Å². The molecule has 0 amide bonds. The van der Waals surface area contributed by atoms with E-state index >= 15 is 0 Å². The van der Waals surface area contributed by atoms with Crippen molar-refractivity contribution in [3.63, 3.8) is 0 Å². The van der Waals surface area contributed by atoms with Crippen LogP contribution in [-0.4, -0.2) is 8.42 Å². The summed E-state index contributed by atoms with van der Waals surface area (Å²) < 4.78 is 25.2. The third-order valence-corrected chi connectivity index (χ3v) is 1.91. The molecule has 0 aromatic heterocycles. The zero-order valence-corrected chi connectivity index (χ0v) is 5.46. The molecule has 0 unspecified atom stereocenters. The maximum atomic E-state index is 10.5. The molecule has 2 N–H and O–H groups in total. The summed E-state index contributed by atoms with van der Waals surface area (Å²) in [6, 6.07) is 0. The van der Waals surface area contributed by atoms with Gasteiger partial charge in [-0.15, -0.1) is 0 Å². The summed E-state index contributed by atoms with van der Waals surface area (Å²) in [6.45, 7) is 6.76. The van der Waals surface area contributed by atoms with Crippen molar-refractivity contribution in [2.75, 3.05) is 0 Å². The Hall–Kier alpha value is -0.970. The van der Waals surface area contributed by atoms with Gasteiger partial charge in [0, 0.05) is 0 Å². The van der Waals surface area contributed by atoms with Crippen molar-refractivity contribution in [3.8, 4) is 0 Å². The molecule has 50 valence electrons. The van der Waals surface area contributed by atoms with Crippen molar-refractivity contribution in [1.29, 1.82) is 0 Å². The van der Waals surface area contributed by atoms with E-state index in [0.29, 0.717) is 11.4 Å². The van der Waals surface area contributed by atoms with Crippen LogP contribution in [0.2, 0.25) is 0 Å². The van der Waals surface area contributed by atoms with Crippen molar-refractivity contribution in [2.45, 2.75) is 0 Å². The number of hydrogen-bond donors (Lipinski definition) is 2. The molecule has 0 aromatic rings. The van der Waals surface area contributed by atoms with Gasteiger partial charge in [0.2, 0.25) is 0 Å². The van der Waals surface area contributed by atoms with E-state index in [1.807, 2.05) is 0 Å². The van der Waals surface area contributed by atoms with Crippen LogP contribution in [-0.2, 0) is 10.2 Å². The average Bonchev–Trinajstić information content (AvgIpc) is 1.79. The number of rotatable bonds is 0. The van der Waals surface area contributed by atoms with Gasteiger partial charge in [-0.2, -0.15) is 8.42 Å². The Labute approximate surface area is 53.4 Å². The maximum absolute atomic E-state index is 10.5. The SMILES string of the molecule is C=C1NS(=O)(=O)NC1=C. The Morgan fingerprint density at radius 2 is 1.44 bits per heavy atom. The minimum atomic E-state index is -3.34. The van der Waals surface area contributed by atoms with Gasteiger partial charge in [-0.25, -0.2) is 0 Å². The van der Waals surface area contributed by atoms with E-state index < -0.39 is 10.2 Å². The number of hydrogen-bond acceptors (Lipinski definition) is 2. The van der Waals surface area contributed by atoms with E-state index in [-0.39, 0.29) is 0 Å². The molecule has 0 radical (unpaired) electrons. The highest BCUT2D eigenvalue weighted by molar-refractivity contribution is 7.88. The molecule has 0 aliphatic carbocycles. The van der Waals surface area contributed by atoms with Gasteiger partial charge in [0.05, 0.1) is 11.4 Å². The van der Waals surface area contributed by atoms with E-state index in [9.17, 15) is 8.42 Å². The third-order valence-electron chi connectivity index (χ3n) is 0.879. The van der Waals surface area contributed by atoms with E-state index in [4.69, 9.17) is 0 Å². The summed E-state index contributed by atoms with van der Waals surface area (Å²) >= 11 is 0. The van der Waals surface area contributed by atoms with Gasteiger partial charge in [-0.3, -0.25) is 9.44 Å². The molecule has 4 nitrogen and oxygen atoms in total. The van der Waals surface area contributed by atoms with E-state index in [2.05, 4.69) is 22.6 Å². The molecule has 0 spiro atoms. The normalized spacial score (nSPS) is 23.1. The first-order valence-electron chi connectivity index (χ1n) is 2.20. The largest absolute Gasteiger partial charge is 0.321 e. The second kappa shape index (κ2) is 1.51. The lowest BCUT2D eigenvalue weighted by Gasteiger charge is -1.88. The third kappa shape index (κ3) is 1.05. The summed E-state index contributed by atoms with van der Waals surface area (Å²) in [7, 11) is -3.34. The molecule has 0 saturated carbocycles. The first-order chi connectivity index (χ1) is 4.01. The van der Waals surface area contributed by atoms with Crippen LogP contribution in [0.15, 0.2) is 24.6 Å². The minimum absolute atomic E-state index is 0.301. The molecule has 0 bridgehead atoms. The molecule has 1 saturated heterocycles. The first-order valence-corrected chi connectivity index (χ1v) is 3.68. The summed E-state index contributed by atoms with van der Waals surface area (Å²) in [5.74, 6) is 0. The first kappa shape index (κ1) is 6.15. The minimum Gasteiger partial charge on any atom is -0.265 e. The fourth-order valence-electron chi connectivity index (χ4n) is 0.473. The van der Waals surface area contributed by atoms with Gasteiger partial charge < -0.3 is 0 Å². The second-order valence-corrected chi connectivity index (χ2v) is 3.08. The predicted molar refractivity (Wildman–Crippen MR) is 33.5 cm³/mol. The molecule has 0 atom stereocenters. The van der Waals surface area contributed by atoms with Gasteiger partial charge in [0.1, 0.15) is 0 Å². The van der Waals surface area contributed by atoms with Gasteiger partial charge in [0.25, 0.3) is 0 Å². The molecule has 1 aliphatic heterocycles. The maximum Gasteiger partial charge on any atom is 0.321 e. The van der Waals surface area contributed by atoms with Crippen LogP contribution in [0.1, 0.15) is 0 Å². The van der Waals surface area contributed by atoms with Crippen molar-refractivity contribution in [2.24, 2.45) is 0 Å². The van der Waals surface area contributed by atoms with Gasteiger partial charge in [-0.1, -0.05) is 13.2 Å². The summed E-state index contributed by atoms with van der Waals surface area (Å²) in [6.07, 6.45) is 0. The van der Waals surface area contributed by atoms with Gasteiger partial charge >= 0.3 is 10.2 Å². The monoisotopic (exact) mass is 146 g/mol. The molecule has 9 heavy (non-hydrogen) atoms. The summed E-state index contributed by atoms with van der Waals surface area (Å²) in [4.78, 5) is 0. The Bertz CT molecular complexity index is 242. The second-order valence-electron chi connectivity index (χ2n) is 1.66. The van der Waals surface area contributed by atoms with E-state index in [1.165, 1.54) is 0 Å². The van der Waals surface area contributed by atoms with Crippen molar-refractivity contribution >= 4 is 10.2 Å². The van der Waals surface area contributed by atoms with Gasteiger partial charge in [0.15, 0.2) is 0 Å². The molecule has 5 heteroatoms. The lowest BCUT2D eigenvalue weighted by atomic mass is 10.4. The van der Waals surface area contributed by atoms with Crippen LogP contribution in [0.3, 0.4) is 0 Å². The molecule has 1 rings (SSSR count).